The Morgan fingerprint density at radius 1 is 1.10 bits per heavy atom. The van der Waals surface area contributed by atoms with E-state index in [-0.39, 0.29) is 0 Å². The van der Waals surface area contributed by atoms with E-state index in [0.29, 0.717) is 0 Å². The maximum atomic E-state index is 11.3. The molecule has 0 aliphatic carbocycles. The molecule has 0 aromatic heterocycles. The molecule has 2 saturated heterocycles. The van der Waals surface area contributed by atoms with E-state index in [1.807, 2.05) is 0 Å². The molecule has 0 aromatic carbocycles. The highest BCUT2D eigenvalue weighted by atomic mass is 31.2. The molecule has 0 spiro atoms. The van der Waals surface area contributed by atoms with Crippen LogP contribution in [0.3, 0.4) is 0 Å². The highest BCUT2D eigenvalue weighted by Crippen LogP contribution is 2.41. The highest BCUT2D eigenvalue weighted by Gasteiger charge is 2.49. The van der Waals surface area contributed by atoms with Gasteiger partial charge >= 0.3 is 13.8 Å². The van der Waals surface area contributed by atoms with Crippen molar-refractivity contribution < 1.29 is 73.3 Å². The third kappa shape index (κ3) is 6.83. The molecule has 2 rings (SSSR count). The van der Waals surface area contributed by atoms with Gasteiger partial charge in [0.25, 0.3) is 0 Å². The van der Waals surface area contributed by atoms with E-state index in [1.54, 1.807) is 0 Å². The Morgan fingerprint density at radius 3 is 2.29 bits per heavy atom. The van der Waals surface area contributed by atoms with E-state index < -0.39 is 95.0 Å². The summed E-state index contributed by atoms with van der Waals surface area (Å²) in [5.74, 6) is -1.42. The molecule has 2 aliphatic rings. The fraction of sp³-hybridized carbons (Fsp3) is 0.929. The largest absolute Gasteiger partial charge is 0.480 e. The maximum absolute atomic E-state index is 11.3. The molecule has 0 unspecified atom stereocenters. The molecular weight excluding hydrogens is 453 g/mol. The number of phosphoric ester groups is 1. The summed E-state index contributed by atoms with van der Waals surface area (Å²) in [6.45, 7) is -1.89. The number of hydrogen-bond donors (Lipinski definition) is 9. The van der Waals surface area contributed by atoms with Crippen molar-refractivity contribution in [2.45, 2.75) is 61.3 Å². The molecule has 10 atom stereocenters. The molecule has 2 heterocycles. The molecule has 182 valence electrons. The molecule has 0 aromatic rings. The molecule has 31 heavy (non-hydrogen) atoms. The number of carboxylic acids is 1. The number of aliphatic hydroxyl groups excluding tert-OH is 5. The minimum Gasteiger partial charge on any atom is -0.480 e. The molecule has 0 bridgehead atoms. The summed E-state index contributed by atoms with van der Waals surface area (Å²) in [5.41, 5.74) is 5.29. The Kier molecular flexibility index (Phi) is 9.26. The number of phosphoric acid groups is 1. The zero-order valence-electron chi connectivity index (χ0n) is 15.9. The standard InChI is InChI=1S/C14H26NO15P/c15-4(12(21)22)2-26-14-11(30-31(23,24)25)8(18)6(3-27-14)29-13-10(20)9(19)7(17)5(1-16)28-13/h4-11,13-14,16-20H,1-3,15H2,(H,21,22)(H2,23,24,25)/t4-,5+,6+,7-,8-,9-,10+,11+,13-,14+/m0/s1. The van der Waals surface area contributed by atoms with Crippen LogP contribution in [0.25, 0.3) is 0 Å². The van der Waals surface area contributed by atoms with Crippen molar-refractivity contribution in [1.82, 2.24) is 0 Å². The number of aliphatic carboxylic acids is 1. The number of carbonyl (C=O) groups is 1. The molecule has 2 fully saturated rings. The second-order valence-electron chi connectivity index (χ2n) is 6.90. The Hall–Kier alpha value is -0.820. The van der Waals surface area contributed by atoms with Crippen molar-refractivity contribution >= 4 is 13.8 Å². The molecule has 10 N–H and O–H groups in total. The minimum atomic E-state index is -5.20. The lowest BCUT2D eigenvalue weighted by atomic mass is 9.99. The number of aliphatic hydroxyl groups is 5. The van der Waals surface area contributed by atoms with Gasteiger partial charge in [-0.2, -0.15) is 0 Å². The third-order valence-corrected chi connectivity index (χ3v) is 5.10. The van der Waals surface area contributed by atoms with Crippen LogP contribution in [-0.4, -0.2) is 128 Å². The lowest BCUT2D eigenvalue weighted by Crippen LogP contribution is -2.62. The molecule has 0 radical (unpaired) electrons. The average Bonchev–Trinajstić information content (AvgIpc) is 2.69. The summed E-state index contributed by atoms with van der Waals surface area (Å²) in [7, 11) is -5.20. The summed E-state index contributed by atoms with van der Waals surface area (Å²) in [5, 5.41) is 58.1. The summed E-state index contributed by atoms with van der Waals surface area (Å²) in [6.07, 6.45) is -15.1. The normalized spacial score (nSPS) is 40.5. The number of hydrogen-bond acceptors (Lipinski definition) is 13. The van der Waals surface area contributed by atoms with Gasteiger partial charge in [0.1, 0.15) is 48.8 Å². The van der Waals surface area contributed by atoms with Gasteiger partial charge in [0.15, 0.2) is 12.6 Å². The van der Waals surface area contributed by atoms with Gasteiger partial charge in [0, 0.05) is 0 Å². The Balaban J connectivity index is 2.11. The van der Waals surface area contributed by atoms with Gasteiger partial charge in [0.05, 0.1) is 19.8 Å². The first-order valence-corrected chi connectivity index (χ1v) is 10.5. The number of carboxylic acid groups (broad SMARTS) is 1. The predicted molar refractivity (Wildman–Crippen MR) is 92.9 cm³/mol. The molecule has 0 saturated carbocycles. The SMILES string of the molecule is N[C@@H](CO[C@@H]1OC[C@@H](O[C@@H]2O[C@H](CO)[C@H](O)[C@H](O)[C@H]2O)[C@H](O)[C@H]1OP(=O)(O)O)C(=O)O. The second-order valence-corrected chi connectivity index (χ2v) is 8.09. The van der Waals surface area contributed by atoms with E-state index in [1.165, 1.54) is 0 Å². The maximum Gasteiger partial charge on any atom is 0.470 e. The summed E-state index contributed by atoms with van der Waals surface area (Å²) < 4.78 is 36.5. The van der Waals surface area contributed by atoms with Gasteiger partial charge in [-0.1, -0.05) is 0 Å². The molecular formula is C14H26NO15P. The lowest BCUT2D eigenvalue weighted by Gasteiger charge is -2.44. The van der Waals surface area contributed by atoms with Gasteiger partial charge in [-0.25, -0.2) is 4.57 Å². The Labute approximate surface area is 174 Å². The van der Waals surface area contributed by atoms with E-state index in [0.717, 1.165) is 0 Å². The van der Waals surface area contributed by atoms with Gasteiger partial charge in [-0.3, -0.25) is 9.32 Å². The van der Waals surface area contributed by atoms with Gasteiger partial charge in [-0.05, 0) is 0 Å². The van der Waals surface area contributed by atoms with Crippen molar-refractivity contribution in [1.29, 1.82) is 0 Å². The van der Waals surface area contributed by atoms with Crippen molar-refractivity contribution in [2.24, 2.45) is 5.73 Å². The highest BCUT2D eigenvalue weighted by molar-refractivity contribution is 7.46. The topological polar surface area (TPSA) is 268 Å². The van der Waals surface area contributed by atoms with Crippen LogP contribution in [0.5, 0.6) is 0 Å². The van der Waals surface area contributed by atoms with Gasteiger partial charge < -0.3 is 65.1 Å². The van der Waals surface area contributed by atoms with Crippen molar-refractivity contribution in [3.05, 3.63) is 0 Å². The lowest BCUT2D eigenvalue weighted by molar-refractivity contribution is -0.342. The summed E-state index contributed by atoms with van der Waals surface area (Å²) in [4.78, 5) is 29.0. The zero-order valence-corrected chi connectivity index (χ0v) is 16.7. The molecule has 17 heteroatoms. The fourth-order valence-corrected chi connectivity index (χ4v) is 3.45. The quantitative estimate of drug-likeness (QED) is 0.140. The van der Waals surface area contributed by atoms with Crippen LogP contribution in [0.2, 0.25) is 0 Å². The third-order valence-electron chi connectivity index (χ3n) is 4.58. The van der Waals surface area contributed by atoms with Gasteiger partial charge in [0.2, 0.25) is 0 Å². The monoisotopic (exact) mass is 479 g/mol. The van der Waals surface area contributed by atoms with Gasteiger partial charge in [-0.15, -0.1) is 0 Å². The van der Waals surface area contributed by atoms with Crippen LogP contribution < -0.4 is 5.73 Å². The van der Waals surface area contributed by atoms with Crippen LogP contribution in [0.1, 0.15) is 0 Å². The number of nitrogens with two attached hydrogens (primary N) is 1. The van der Waals surface area contributed by atoms with Crippen molar-refractivity contribution in [2.75, 3.05) is 19.8 Å². The zero-order chi connectivity index (χ0) is 23.5. The van der Waals surface area contributed by atoms with Crippen LogP contribution in [0.15, 0.2) is 0 Å². The Morgan fingerprint density at radius 2 is 1.74 bits per heavy atom. The first kappa shape index (κ1) is 26.4. The fourth-order valence-electron chi connectivity index (χ4n) is 2.91. The second kappa shape index (κ2) is 10.9. The Bertz CT molecular complexity index is 645. The van der Waals surface area contributed by atoms with Crippen LogP contribution in [0.4, 0.5) is 0 Å². The molecule has 0 amide bonds. The smallest absolute Gasteiger partial charge is 0.470 e. The van der Waals surface area contributed by atoms with E-state index in [4.69, 9.17) is 39.6 Å². The van der Waals surface area contributed by atoms with Crippen LogP contribution in [-0.2, 0) is 32.8 Å². The van der Waals surface area contributed by atoms with Crippen LogP contribution in [0, 0.1) is 0 Å². The van der Waals surface area contributed by atoms with Crippen molar-refractivity contribution in [3.8, 4) is 0 Å². The van der Waals surface area contributed by atoms with Crippen molar-refractivity contribution in [3.63, 3.8) is 0 Å². The van der Waals surface area contributed by atoms with E-state index in [9.17, 15) is 34.9 Å². The minimum absolute atomic E-state index is 0.510. The summed E-state index contributed by atoms with van der Waals surface area (Å²) >= 11 is 0. The first-order chi connectivity index (χ1) is 14.4. The molecule has 2 aliphatic heterocycles. The van der Waals surface area contributed by atoms with E-state index >= 15 is 0 Å². The first-order valence-electron chi connectivity index (χ1n) is 8.95. The number of ether oxygens (including phenoxy) is 4. The average molecular weight is 479 g/mol. The van der Waals surface area contributed by atoms with Crippen LogP contribution >= 0.6 is 7.82 Å². The summed E-state index contributed by atoms with van der Waals surface area (Å²) in [6, 6.07) is -1.50. The molecule has 16 nitrogen and oxygen atoms in total. The number of rotatable bonds is 9. The predicted octanol–water partition coefficient (Wildman–Crippen LogP) is -5.20. The van der Waals surface area contributed by atoms with E-state index in [2.05, 4.69) is 4.52 Å².